The Kier molecular flexibility index (Phi) is 6.67. The molecule has 0 spiro atoms. The largest absolute Gasteiger partial charge is 0.573 e. The summed E-state index contributed by atoms with van der Waals surface area (Å²) in [7, 11) is 2.14. The second-order valence-electron chi connectivity index (χ2n) is 8.65. The van der Waals surface area contributed by atoms with Gasteiger partial charge in [-0.15, -0.1) is 24.5 Å². The van der Waals surface area contributed by atoms with Crippen LogP contribution < -0.4 is 9.64 Å². The molecule has 7 nitrogen and oxygen atoms in total. The summed E-state index contributed by atoms with van der Waals surface area (Å²) in [5.41, 5.74) is 3.85. The number of piperazine rings is 1. The van der Waals surface area contributed by atoms with E-state index in [0.717, 1.165) is 36.8 Å². The van der Waals surface area contributed by atoms with Crippen LogP contribution in [0.15, 0.2) is 53.1 Å². The number of rotatable bonds is 6. The number of likely N-dealkylation sites (N-methyl/N-ethyl adjacent to an activating group) is 1. The molecule has 2 aromatic heterocycles. The molecule has 0 radical (unpaired) electrons. The Labute approximate surface area is 210 Å². The highest BCUT2D eigenvalue weighted by Crippen LogP contribution is 2.31. The number of halogens is 3. The maximum atomic E-state index is 12.4. The third-order valence-electron chi connectivity index (χ3n) is 6.00. The fourth-order valence-corrected chi connectivity index (χ4v) is 4.89. The third-order valence-corrected chi connectivity index (χ3v) is 7.00. The Hall–Kier alpha value is -3.44. The predicted molar refractivity (Wildman–Crippen MR) is 131 cm³/mol. The monoisotopic (exact) mass is 515 g/mol. The van der Waals surface area contributed by atoms with Crippen molar-refractivity contribution < 1.29 is 22.4 Å². The number of hydrogen-bond acceptors (Lipinski definition) is 8. The van der Waals surface area contributed by atoms with Crippen molar-refractivity contribution in [3.8, 4) is 28.0 Å². The van der Waals surface area contributed by atoms with Crippen LogP contribution in [-0.2, 0) is 6.42 Å². The first kappa shape index (κ1) is 24.3. The van der Waals surface area contributed by atoms with E-state index in [-0.39, 0.29) is 17.5 Å². The number of thiazole rings is 1. The Morgan fingerprint density at radius 3 is 2.50 bits per heavy atom. The van der Waals surface area contributed by atoms with Crippen LogP contribution >= 0.6 is 11.3 Å². The molecule has 1 aliphatic heterocycles. The van der Waals surface area contributed by atoms with Gasteiger partial charge in [0, 0.05) is 48.7 Å². The van der Waals surface area contributed by atoms with E-state index in [1.807, 2.05) is 6.92 Å². The van der Waals surface area contributed by atoms with Gasteiger partial charge in [0.05, 0.1) is 5.69 Å². The first-order valence-electron chi connectivity index (χ1n) is 11.4. The summed E-state index contributed by atoms with van der Waals surface area (Å²) in [6, 6.07) is 13.9. The quantitative estimate of drug-likeness (QED) is 0.340. The number of anilines is 1. The number of alkyl halides is 3. The fourth-order valence-electron chi connectivity index (χ4n) is 4.04. The highest BCUT2D eigenvalue weighted by molar-refractivity contribution is 7.15. The number of hydrogen-bond donors (Lipinski definition) is 0. The molecule has 188 valence electrons. The lowest BCUT2D eigenvalue weighted by molar-refractivity contribution is -0.274. The number of benzene rings is 2. The molecular formula is C25H24F3N5O2S. The van der Waals surface area contributed by atoms with Crippen LogP contribution in [0.5, 0.6) is 5.75 Å². The normalized spacial score (nSPS) is 14.9. The Bertz CT molecular complexity index is 1330. The van der Waals surface area contributed by atoms with Gasteiger partial charge in [-0.25, -0.2) is 4.98 Å². The average Bonchev–Trinajstić information content (AvgIpc) is 3.47. The summed E-state index contributed by atoms with van der Waals surface area (Å²) in [5, 5.41) is 4.57. The lowest BCUT2D eigenvalue weighted by Gasteiger charge is -2.34. The molecule has 0 saturated carbocycles. The van der Waals surface area contributed by atoms with Gasteiger partial charge in [0.1, 0.15) is 5.75 Å². The summed E-state index contributed by atoms with van der Waals surface area (Å²) >= 11 is 1.47. The van der Waals surface area contributed by atoms with Gasteiger partial charge in [-0.1, -0.05) is 17.3 Å². The number of ether oxygens (including phenoxy) is 1. The van der Waals surface area contributed by atoms with Crippen molar-refractivity contribution in [3.63, 3.8) is 0 Å². The molecular weight excluding hydrogens is 491 g/mol. The Morgan fingerprint density at radius 1 is 1.03 bits per heavy atom. The molecule has 0 aliphatic carbocycles. The van der Waals surface area contributed by atoms with Gasteiger partial charge in [0.2, 0.25) is 5.82 Å². The van der Waals surface area contributed by atoms with E-state index in [4.69, 9.17) is 9.51 Å². The zero-order chi connectivity index (χ0) is 25.3. The highest BCUT2D eigenvalue weighted by atomic mass is 32.1. The summed E-state index contributed by atoms with van der Waals surface area (Å²) in [6.07, 6.45) is -4.06. The van der Waals surface area contributed by atoms with E-state index in [9.17, 15) is 13.2 Å². The Balaban J connectivity index is 1.29. The number of nitrogens with zero attached hydrogens (tertiary/aromatic N) is 5. The van der Waals surface area contributed by atoms with Gasteiger partial charge in [0.25, 0.3) is 5.89 Å². The van der Waals surface area contributed by atoms with Crippen molar-refractivity contribution in [2.24, 2.45) is 0 Å². The van der Waals surface area contributed by atoms with Crippen molar-refractivity contribution in [2.75, 3.05) is 38.1 Å². The average molecular weight is 516 g/mol. The van der Waals surface area contributed by atoms with Crippen LogP contribution in [0.4, 0.5) is 18.9 Å². The van der Waals surface area contributed by atoms with E-state index in [1.54, 1.807) is 0 Å². The molecule has 36 heavy (non-hydrogen) atoms. The third kappa shape index (κ3) is 5.68. The van der Waals surface area contributed by atoms with Crippen molar-refractivity contribution in [2.45, 2.75) is 19.7 Å². The van der Waals surface area contributed by atoms with Crippen LogP contribution in [0, 0.1) is 6.92 Å². The summed E-state index contributed by atoms with van der Waals surface area (Å²) in [4.78, 5) is 14.9. The van der Waals surface area contributed by atoms with Crippen LogP contribution in [0.1, 0.15) is 16.1 Å². The van der Waals surface area contributed by atoms with Crippen LogP contribution in [0.2, 0.25) is 0 Å². The van der Waals surface area contributed by atoms with Crippen molar-refractivity contribution >= 4 is 17.0 Å². The second-order valence-corrected chi connectivity index (χ2v) is 9.86. The second kappa shape index (κ2) is 9.90. The zero-order valence-corrected chi connectivity index (χ0v) is 20.6. The van der Waals surface area contributed by atoms with Gasteiger partial charge in [-0.05, 0) is 55.9 Å². The molecule has 0 unspecified atom stereocenters. The van der Waals surface area contributed by atoms with E-state index in [2.05, 4.69) is 56.0 Å². The summed E-state index contributed by atoms with van der Waals surface area (Å²) in [6.45, 7) is 6.14. The minimum Gasteiger partial charge on any atom is -0.406 e. The standard InChI is InChI=1S/C25H24F3N5O2S/c1-16-21(15-17-4-3-5-19(14-17)33-12-10-32(2)11-13-33)29-24(36-16)23-30-22(31-35-23)18-6-8-20(9-7-18)34-25(26,27)28/h3-9,14H,10-13,15H2,1-2H3. The SMILES string of the molecule is Cc1sc(-c2nc(-c3ccc(OC(F)(F)F)cc3)no2)nc1Cc1cccc(N2CCN(C)CC2)c1. The van der Waals surface area contributed by atoms with Crippen molar-refractivity contribution in [1.29, 1.82) is 0 Å². The molecule has 1 aliphatic rings. The molecule has 0 bridgehead atoms. The Morgan fingerprint density at radius 2 is 1.78 bits per heavy atom. The van der Waals surface area contributed by atoms with E-state index in [0.29, 0.717) is 17.0 Å². The van der Waals surface area contributed by atoms with Gasteiger partial charge in [0.15, 0.2) is 5.01 Å². The van der Waals surface area contributed by atoms with Crippen LogP contribution in [0.25, 0.3) is 22.3 Å². The molecule has 3 heterocycles. The number of aromatic nitrogens is 3. The van der Waals surface area contributed by atoms with Crippen molar-refractivity contribution in [3.05, 3.63) is 64.7 Å². The van der Waals surface area contributed by atoms with Crippen molar-refractivity contribution in [1.82, 2.24) is 20.0 Å². The summed E-state index contributed by atoms with van der Waals surface area (Å²) < 4.78 is 46.4. The van der Waals surface area contributed by atoms with Gasteiger partial charge in [-0.3, -0.25) is 0 Å². The van der Waals surface area contributed by atoms with E-state index in [1.165, 1.54) is 46.9 Å². The molecule has 11 heteroatoms. The molecule has 1 fully saturated rings. The molecule has 0 atom stereocenters. The zero-order valence-electron chi connectivity index (χ0n) is 19.7. The molecule has 0 N–H and O–H groups in total. The lowest BCUT2D eigenvalue weighted by atomic mass is 10.1. The number of aryl methyl sites for hydroxylation is 1. The highest BCUT2D eigenvalue weighted by Gasteiger charge is 2.31. The maximum absolute atomic E-state index is 12.4. The minimum atomic E-state index is -4.74. The van der Waals surface area contributed by atoms with E-state index < -0.39 is 6.36 Å². The van der Waals surface area contributed by atoms with Gasteiger partial charge in [-0.2, -0.15) is 4.98 Å². The van der Waals surface area contributed by atoms with Crippen LogP contribution in [-0.4, -0.2) is 59.6 Å². The predicted octanol–water partition coefficient (Wildman–Crippen LogP) is 5.41. The fraction of sp³-hybridized carbons (Fsp3) is 0.320. The minimum absolute atomic E-state index is 0.262. The summed E-state index contributed by atoms with van der Waals surface area (Å²) in [5.74, 6) is 0.218. The maximum Gasteiger partial charge on any atom is 0.573 e. The molecule has 4 aromatic rings. The molecule has 0 amide bonds. The first-order valence-corrected chi connectivity index (χ1v) is 12.2. The lowest BCUT2D eigenvalue weighted by Crippen LogP contribution is -2.44. The molecule has 2 aromatic carbocycles. The van der Waals surface area contributed by atoms with Gasteiger partial charge < -0.3 is 19.1 Å². The van der Waals surface area contributed by atoms with Gasteiger partial charge >= 0.3 is 6.36 Å². The first-order chi connectivity index (χ1) is 17.2. The molecule has 1 saturated heterocycles. The smallest absolute Gasteiger partial charge is 0.406 e. The van der Waals surface area contributed by atoms with Crippen LogP contribution in [0.3, 0.4) is 0 Å². The molecule has 5 rings (SSSR count). The topological polar surface area (TPSA) is 67.5 Å². The van der Waals surface area contributed by atoms with E-state index >= 15 is 0 Å².